The van der Waals surface area contributed by atoms with E-state index in [0.29, 0.717) is 5.95 Å². The van der Waals surface area contributed by atoms with Crippen LogP contribution >= 0.6 is 0 Å². The van der Waals surface area contributed by atoms with E-state index in [-0.39, 0.29) is 0 Å². The number of hydrogen-bond acceptors (Lipinski definition) is 4. The number of pyridine rings is 1. The molecule has 3 aromatic heterocycles. The molecule has 58 heavy (non-hydrogen) atoms. The van der Waals surface area contributed by atoms with Gasteiger partial charge in [0.1, 0.15) is 0 Å². The molecule has 11 aromatic rings. The third kappa shape index (κ3) is 4.93. The van der Waals surface area contributed by atoms with Crippen LogP contribution in [-0.2, 0) is 0 Å². The van der Waals surface area contributed by atoms with Gasteiger partial charge in [-0.05, 0) is 81.6 Å². The molecule has 0 aliphatic carbocycles. The fourth-order valence-corrected chi connectivity index (χ4v) is 9.02. The largest absolute Gasteiger partial charge is 0.309 e. The number of hydrogen-bond donors (Lipinski definition) is 0. The van der Waals surface area contributed by atoms with Gasteiger partial charge in [-0.3, -0.25) is 9.55 Å². The predicted octanol–water partition coefficient (Wildman–Crippen LogP) is 13.7. The average Bonchev–Trinajstić information content (AvgIpc) is 3.56. The smallest absolute Gasteiger partial charge is 0.235 e. The summed E-state index contributed by atoms with van der Waals surface area (Å²) < 4.78 is 2.22. The Bertz CT molecular complexity index is 3400. The molecule has 4 heterocycles. The summed E-state index contributed by atoms with van der Waals surface area (Å²) in [5, 5.41) is 5.63. The number of benzene rings is 8. The van der Waals surface area contributed by atoms with Crippen molar-refractivity contribution in [3.05, 3.63) is 200 Å². The van der Waals surface area contributed by atoms with Crippen LogP contribution in [-0.4, -0.2) is 19.5 Å². The van der Waals surface area contributed by atoms with Crippen molar-refractivity contribution in [2.24, 2.45) is 0 Å². The minimum Gasteiger partial charge on any atom is -0.309 e. The second-order valence-electron chi connectivity index (χ2n) is 14.8. The molecule has 0 radical (unpaired) electrons. The molecule has 0 saturated carbocycles. The van der Waals surface area contributed by atoms with Gasteiger partial charge in [-0.1, -0.05) is 140 Å². The van der Waals surface area contributed by atoms with Gasteiger partial charge in [-0.2, -0.15) is 0 Å². The summed E-state index contributed by atoms with van der Waals surface area (Å²) in [6.07, 6.45) is 3.83. The summed E-state index contributed by atoms with van der Waals surface area (Å²) in [5.41, 5.74) is 15.2. The van der Waals surface area contributed by atoms with Crippen molar-refractivity contribution in [2.75, 3.05) is 4.90 Å². The Hall–Kier alpha value is -7.89. The van der Waals surface area contributed by atoms with Crippen LogP contribution in [0.1, 0.15) is 0 Å². The van der Waals surface area contributed by atoms with Crippen LogP contribution in [0.25, 0.3) is 94.1 Å². The molecule has 8 aromatic carbocycles. The first-order chi connectivity index (χ1) is 28.8. The zero-order valence-electron chi connectivity index (χ0n) is 31.3. The molecule has 0 saturated heterocycles. The Kier molecular flexibility index (Phi) is 7.16. The molecule has 12 rings (SSSR count). The van der Waals surface area contributed by atoms with Gasteiger partial charge in [-0.25, -0.2) is 9.97 Å². The molecule has 0 fully saturated rings. The second kappa shape index (κ2) is 12.8. The highest BCUT2D eigenvalue weighted by Gasteiger charge is 2.28. The monoisotopic (exact) mass is 739 g/mol. The fourth-order valence-electron chi connectivity index (χ4n) is 9.02. The Morgan fingerprint density at radius 3 is 1.84 bits per heavy atom. The first-order valence-corrected chi connectivity index (χ1v) is 19.6. The van der Waals surface area contributed by atoms with Gasteiger partial charge in [-0.15, -0.1) is 0 Å². The van der Waals surface area contributed by atoms with Gasteiger partial charge in [0.25, 0.3) is 0 Å². The third-order valence-electron chi connectivity index (χ3n) is 11.6. The van der Waals surface area contributed by atoms with Crippen LogP contribution in [0.2, 0.25) is 0 Å². The summed E-state index contributed by atoms with van der Waals surface area (Å²) in [7, 11) is 0. The Labute approximate surface area is 334 Å². The van der Waals surface area contributed by atoms with Gasteiger partial charge in [0, 0.05) is 50.9 Å². The summed E-state index contributed by atoms with van der Waals surface area (Å²) in [5.74, 6) is 0.617. The predicted molar refractivity (Wildman–Crippen MR) is 239 cm³/mol. The molecule has 0 amide bonds. The van der Waals surface area contributed by atoms with E-state index in [1.165, 1.54) is 33.0 Å². The van der Waals surface area contributed by atoms with Crippen LogP contribution in [0.4, 0.5) is 17.1 Å². The zero-order chi connectivity index (χ0) is 38.2. The highest BCUT2D eigenvalue weighted by molar-refractivity contribution is 6.14. The molecule has 1 aliphatic heterocycles. The van der Waals surface area contributed by atoms with Crippen LogP contribution in [0.15, 0.2) is 200 Å². The molecule has 5 nitrogen and oxygen atoms in total. The number of rotatable bonds is 4. The number of aromatic nitrogens is 4. The second-order valence-corrected chi connectivity index (χ2v) is 14.8. The van der Waals surface area contributed by atoms with Crippen LogP contribution in [0.3, 0.4) is 0 Å². The number of para-hydroxylation sites is 4. The highest BCUT2D eigenvalue weighted by atomic mass is 15.2. The quantitative estimate of drug-likeness (QED) is 0.180. The minimum atomic E-state index is 0.617. The van der Waals surface area contributed by atoms with Crippen molar-refractivity contribution >= 4 is 60.5 Å². The van der Waals surface area contributed by atoms with E-state index in [9.17, 15) is 0 Å². The zero-order valence-corrected chi connectivity index (χ0v) is 31.3. The Morgan fingerprint density at radius 1 is 0.397 bits per heavy atom. The van der Waals surface area contributed by atoms with Gasteiger partial charge in [0.05, 0.1) is 33.6 Å². The molecular weight excluding hydrogens is 707 g/mol. The SMILES string of the molecule is c1ccc(N2c3ccccc3-c3cc4c5cnccc5n(-c5nc(-c6ccc(-c7cccc8ccccc78)cc6)c6ccccc6n5)c4cc3-c3ccccc32)cc1. The molecule has 5 heteroatoms. The maximum Gasteiger partial charge on any atom is 0.235 e. The lowest BCUT2D eigenvalue weighted by molar-refractivity contribution is 1.01. The topological polar surface area (TPSA) is 46.8 Å². The van der Waals surface area contributed by atoms with Crippen LogP contribution < -0.4 is 4.90 Å². The van der Waals surface area contributed by atoms with Gasteiger partial charge in [0.15, 0.2) is 0 Å². The van der Waals surface area contributed by atoms with E-state index in [1.807, 2.05) is 12.4 Å². The standard InChI is InChI=1S/C53H33N5/c1-2-15-37(16-3-1)57-48-23-10-7-18-40(48)43-31-45-46-33-54-30-29-50(46)58(51(45)32-44(43)41-19-8-11-24-49(41)57)53-55-47-22-9-6-20-42(47)52(56-53)36-27-25-35(26-28-36)39-21-12-14-34-13-4-5-17-38(34)39/h1-33H. The molecule has 1 aliphatic rings. The Morgan fingerprint density at radius 2 is 1.03 bits per heavy atom. The van der Waals surface area contributed by atoms with Crippen molar-refractivity contribution in [1.82, 2.24) is 19.5 Å². The van der Waals surface area contributed by atoms with Crippen molar-refractivity contribution in [3.8, 4) is 50.6 Å². The first kappa shape index (κ1) is 32.4. The average molecular weight is 740 g/mol. The summed E-state index contributed by atoms with van der Waals surface area (Å²) >= 11 is 0. The molecule has 0 spiro atoms. The van der Waals surface area contributed by atoms with Crippen molar-refractivity contribution in [3.63, 3.8) is 0 Å². The van der Waals surface area contributed by atoms with Gasteiger partial charge < -0.3 is 4.90 Å². The molecule has 0 N–H and O–H groups in total. The van der Waals surface area contributed by atoms with E-state index in [1.54, 1.807) is 0 Å². The van der Waals surface area contributed by atoms with E-state index in [0.717, 1.165) is 72.2 Å². The lowest BCUT2D eigenvalue weighted by Gasteiger charge is -2.27. The van der Waals surface area contributed by atoms with Gasteiger partial charge >= 0.3 is 0 Å². The number of anilines is 3. The van der Waals surface area contributed by atoms with E-state index in [2.05, 4.69) is 203 Å². The maximum atomic E-state index is 5.45. The lowest BCUT2D eigenvalue weighted by atomic mass is 9.93. The molecule has 0 bridgehead atoms. The van der Waals surface area contributed by atoms with E-state index < -0.39 is 0 Å². The highest BCUT2D eigenvalue weighted by Crippen LogP contribution is 2.52. The van der Waals surface area contributed by atoms with Gasteiger partial charge in [0.2, 0.25) is 5.95 Å². The summed E-state index contributed by atoms with van der Waals surface area (Å²) in [4.78, 5) is 17.8. The fraction of sp³-hybridized carbons (Fsp3) is 0. The molecule has 270 valence electrons. The summed E-state index contributed by atoms with van der Waals surface area (Å²) in [6.45, 7) is 0. The number of nitrogens with zero attached hydrogens (tertiary/aromatic N) is 5. The third-order valence-corrected chi connectivity index (χ3v) is 11.6. The van der Waals surface area contributed by atoms with Crippen molar-refractivity contribution < 1.29 is 0 Å². The normalized spacial score (nSPS) is 12.1. The van der Waals surface area contributed by atoms with E-state index >= 15 is 0 Å². The molecule has 0 atom stereocenters. The maximum absolute atomic E-state index is 5.45. The molecule has 0 unspecified atom stereocenters. The van der Waals surface area contributed by atoms with Crippen molar-refractivity contribution in [1.29, 1.82) is 0 Å². The Balaban J connectivity index is 1.09. The van der Waals surface area contributed by atoms with E-state index in [4.69, 9.17) is 9.97 Å². The first-order valence-electron chi connectivity index (χ1n) is 19.6. The molecular formula is C53H33N5. The number of fused-ring (bicyclic) bond motifs is 10. The summed E-state index contributed by atoms with van der Waals surface area (Å²) in [6, 6.07) is 67.0. The van der Waals surface area contributed by atoms with Crippen LogP contribution in [0.5, 0.6) is 0 Å². The van der Waals surface area contributed by atoms with Crippen LogP contribution in [0, 0.1) is 0 Å². The van der Waals surface area contributed by atoms with Crippen molar-refractivity contribution in [2.45, 2.75) is 0 Å². The lowest BCUT2D eigenvalue weighted by Crippen LogP contribution is -2.10. The minimum absolute atomic E-state index is 0.617.